The number of hydrogen-bond donors (Lipinski definition) is 1. The van der Waals surface area contributed by atoms with Crippen molar-refractivity contribution in [1.82, 2.24) is 9.80 Å². The van der Waals surface area contributed by atoms with E-state index in [0.717, 1.165) is 13.1 Å². The molecule has 9 nitrogen and oxygen atoms in total. The van der Waals surface area contributed by atoms with Crippen LogP contribution in [0.1, 0.15) is 17.2 Å². The average molecular weight is 509 g/mol. The second-order valence-corrected chi connectivity index (χ2v) is 8.65. The van der Waals surface area contributed by atoms with Gasteiger partial charge in [0.2, 0.25) is 0 Å². The summed E-state index contributed by atoms with van der Waals surface area (Å²) < 4.78 is 22.1. The fourth-order valence-corrected chi connectivity index (χ4v) is 4.65. The standard InChI is InChI=1S/C28H32N2O7/c1-4-16-37-20-10-8-19(9-11-20)25(31)23-24(21-6-5-7-22(34-2)27(21)35-3)30(28(33)26(23)32)13-12-29-14-17-36-18-15-29/h4-11,24,31H,1,12-18H2,2-3H3/b25-23+/t24-/m0/s1. The minimum atomic E-state index is -0.859. The number of nitrogens with zero attached hydrogens (tertiary/aromatic N) is 2. The Balaban J connectivity index is 1.77. The predicted molar refractivity (Wildman–Crippen MR) is 138 cm³/mol. The van der Waals surface area contributed by atoms with Gasteiger partial charge in [-0.2, -0.15) is 0 Å². The highest BCUT2D eigenvalue weighted by molar-refractivity contribution is 6.46. The number of ketones is 1. The van der Waals surface area contributed by atoms with Gasteiger partial charge in [-0.3, -0.25) is 14.5 Å². The minimum absolute atomic E-state index is 0.00158. The summed E-state index contributed by atoms with van der Waals surface area (Å²) in [5.41, 5.74) is 0.942. The fraction of sp³-hybridized carbons (Fsp3) is 0.357. The van der Waals surface area contributed by atoms with Gasteiger partial charge in [0.15, 0.2) is 11.5 Å². The predicted octanol–water partition coefficient (Wildman–Crippen LogP) is 3.02. The van der Waals surface area contributed by atoms with Crippen molar-refractivity contribution in [1.29, 1.82) is 0 Å². The number of benzene rings is 2. The monoisotopic (exact) mass is 508 g/mol. The zero-order valence-electron chi connectivity index (χ0n) is 21.1. The van der Waals surface area contributed by atoms with E-state index in [0.29, 0.717) is 61.3 Å². The summed E-state index contributed by atoms with van der Waals surface area (Å²) in [4.78, 5) is 30.4. The maximum atomic E-state index is 13.4. The van der Waals surface area contributed by atoms with Crippen LogP contribution in [0.5, 0.6) is 17.2 Å². The largest absolute Gasteiger partial charge is 0.507 e. The third kappa shape index (κ3) is 5.47. The molecule has 2 saturated heterocycles. The quantitative estimate of drug-likeness (QED) is 0.226. The van der Waals surface area contributed by atoms with E-state index in [-0.39, 0.29) is 11.3 Å². The van der Waals surface area contributed by atoms with Crippen molar-refractivity contribution in [3.8, 4) is 17.2 Å². The summed E-state index contributed by atoms with van der Waals surface area (Å²) in [6.45, 7) is 7.57. The summed E-state index contributed by atoms with van der Waals surface area (Å²) in [7, 11) is 3.02. The van der Waals surface area contributed by atoms with E-state index in [2.05, 4.69) is 11.5 Å². The number of Topliss-reactive ketones (excluding diaryl/α,β-unsaturated/α-hetero) is 1. The van der Waals surface area contributed by atoms with Crippen LogP contribution in [0.15, 0.2) is 60.7 Å². The number of methoxy groups -OCH3 is 2. The van der Waals surface area contributed by atoms with E-state index >= 15 is 0 Å². The third-order valence-electron chi connectivity index (χ3n) is 6.52. The van der Waals surface area contributed by atoms with Gasteiger partial charge in [-0.25, -0.2) is 0 Å². The van der Waals surface area contributed by atoms with Crippen molar-refractivity contribution >= 4 is 17.4 Å². The summed E-state index contributed by atoms with van der Waals surface area (Å²) in [6.07, 6.45) is 1.63. The summed E-state index contributed by atoms with van der Waals surface area (Å²) in [5, 5.41) is 11.4. The molecule has 2 aliphatic heterocycles. The van der Waals surface area contributed by atoms with E-state index in [9.17, 15) is 14.7 Å². The van der Waals surface area contributed by atoms with Gasteiger partial charge in [0.25, 0.3) is 11.7 Å². The SMILES string of the molecule is C=CCOc1ccc(/C(O)=C2\C(=O)C(=O)N(CCN3CCOCC3)[C@H]2c2cccc(OC)c2OC)cc1. The Hall–Kier alpha value is -3.82. The van der Waals surface area contributed by atoms with Crippen LogP contribution >= 0.6 is 0 Å². The fourth-order valence-electron chi connectivity index (χ4n) is 4.65. The second kappa shape index (κ2) is 11.9. The summed E-state index contributed by atoms with van der Waals surface area (Å²) in [6, 6.07) is 11.1. The highest BCUT2D eigenvalue weighted by Gasteiger charge is 2.47. The zero-order valence-corrected chi connectivity index (χ0v) is 21.1. The molecule has 2 fully saturated rings. The van der Waals surface area contributed by atoms with Gasteiger partial charge in [0.05, 0.1) is 39.0 Å². The molecular formula is C28H32N2O7. The Morgan fingerprint density at radius 2 is 1.81 bits per heavy atom. The van der Waals surface area contributed by atoms with Gasteiger partial charge in [0.1, 0.15) is 18.1 Å². The minimum Gasteiger partial charge on any atom is -0.507 e. The number of aliphatic hydroxyl groups excluding tert-OH is 1. The number of carbonyl (C=O) groups is 2. The van der Waals surface area contributed by atoms with Crippen LogP contribution < -0.4 is 14.2 Å². The van der Waals surface area contributed by atoms with E-state index in [4.69, 9.17) is 18.9 Å². The molecule has 0 spiro atoms. The summed E-state index contributed by atoms with van der Waals surface area (Å²) in [5.74, 6) is -0.238. The van der Waals surface area contributed by atoms with Crippen molar-refractivity contribution in [2.24, 2.45) is 0 Å². The van der Waals surface area contributed by atoms with Gasteiger partial charge in [-0.15, -0.1) is 0 Å². The van der Waals surface area contributed by atoms with Crippen LogP contribution in [-0.4, -0.2) is 86.8 Å². The molecule has 1 N–H and O–H groups in total. The molecule has 0 bridgehead atoms. The van der Waals surface area contributed by atoms with Crippen LogP contribution in [0.25, 0.3) is 5.76 Å². The number of likely N-dealkylation sites (tertiary alicyclic amines) is 1. The van der Waals surface area contributed by atoms with Crippen LogP contribution in [0.2, 0.25) is 0 Å². The molecule has 2 aromatic rings. The average Bonchev–Trinajstić information content (AvgIpc) is 3.19. The van der Waals surface area contributed by atoms with Gasteiger partial charge in [0, 0.05) is 37.3 Å². The molecule has 9 heteroatoms. The van der Waals surface area contributed by atoms with E-state index in [1.54, 1.807) is 48.5 Å². The number of ether oxygens (including phenoxy) is 4. The first-order valence-corrected chi connectivity index (χ1v) is 12.1. The Morgan fingerprint density at radius 1 is 1.08 bits per heavy atom. The molecule has 1 amide bonds. The smallest absolute Gasteiger partial charge is 0.295 e. The molecule has 0 aromatic heterocycles. The molecule has 2 aromatic carbocycles. The van der Waals surface area contributed by atoms with Gasteiger partial charge >= 0.3 is 0 Å². The lowest BCUT2D eigenvalue weighted by molar-refractivity contribution is -0.140. The van der Waals surface area contributed by atoms with Crippen LogP contribution in [0, 0.1) is 0 Å². The molecule has 2 heterocycles. The van der Waals surface area contributed by atoms with Crippen LogP contribution in [0.3, 0.4) is 0 Å². The van der Waals surface area contributed by atoms with Crippen molar-refractivity contribution in [3.63, 3.8) is 0 Å². The lowest BCUT2D eigenvalue weighted by Crippen LogP contribution is -2.42. The second-order valence-electron chi connectivity index (χ2n) is 8.65. The molecule has 0 aliphatic carbocycles. The maximum absolute atomic E-state index is 13.4. The lowest BCUT2D eigenvalue weighted by atomic mass is 9.94. The van der Waals surface area contributed by atoms with Gasteiger partial charge in [-0.1, -0.05) is 24.8 Å². The molecule has 1 atom stereocenters. The molecule has 2 aliphatic rings. The number of para-hydroxylation sites is 1. The first-order valence-electron chi connectivity index (χ1n) is 12.1. The van der Waals surface area contributed by atoms with Crippen molar-refractivity contribution in [2.75, 3.05) is 60.2 Å². The van der Waals surface area contributed by atoms with Crippen molar-refractivity contribution in [3.05, 3.63) is 71.8 Å². The van der Waals surface area contributed by atoms with Crippen LogP contribution in [-0.2, 0) is 14.3 Å². The number of rotatable bonds is 10. The number of hydrogen-bond acceptors (Lipinski definition) is 8. The van der Waals surface area contributed by atoms with Crippen LogP contribution in [0.4, 0.5) is 0 Å². The lowest BCUT2D eigenvalue weighted by Gasteiger charge is -2.31. The molecule has 0 radical (unpaired) electrons. The highest BCUT2D eigenvalue weighted by Crippen LogP contribution is 2.45. The van der Waals surface area contributed by atoms with E-state index < -0.39 is 17.7 Å². The van der Waals surface area contributed by atoms with Crippen molar-refractivity contribution in [2.45, 2.75) is 6.04 Å². The Labute approximate surface area is 216 Å². The number of carbonyl (C=O) groups excluding carboxylic acids is 2. The van der Waals surface area contributed by atoms with E-state index in [1.165, 1.54) is 19.1 Å². The van der Waals surface area contributed by atoms with Gasteiger partial charge < -0.3 is 29.0 Å². The Kier molecular flexibility index (Phi) is 8.47. The van der Waals surface area contributed by atoms with Gasteiger partial charge in [-0.05, 0) is 30.3 Å². The number of morpholine rings is 1. The number of aliphatic hydroxyl groups is 1. The highest BCUT2D eigenvalue weighted by atomic mass is 16.5. The zero-order chi connectivity index (χ0) is 26.4. The molecule has 37 heavy (non-hydrogen) atoms. The summed E-state index contributed by atoms with van der Waals surface area (Å²) >= 11 is 0. The van der Waals surface area contributed by atoms with E-state index in [1.807, 2.05) is 0 Å². The molecular weight excluding hydrogens is 476 g/mol. The third-order valence-corrected chi connectivity index (χ3v) is 6.52. The molecule has 0 saturated carbocycles. The molecule has 0 unspecified atom stereocenters. The molecule has 196 valence electrons. The topological polar surface area (TPSA) is 97.8 Å². The first kappa shape index (κ1) is 26.2. The van der Waals surface area contributed by atoms with Crippen molar-refractivity contribution < 1.29 is 33.6 Å². The molecule has 4 rings (SSSR count). The normalized spacial score (nSPS) is 19.6. The maximum Gasteiger partial charge on any atom is 0.295 e. The first-order chi connectivity index (χ1) is 18.0. The number of amides is 1. The Morgan fingerprint density at radius 3 is 2.46 bits per heavy atom. The Bertz CT molecular complexity index is 1170.